The smallest absolute Gasteiger partial charge is 0.0585 e. The molecule has 1 N–H and O–H groups in total. The van der Waals surface area contributed by atoms with E-state index in [1.54, 1.807) is 0 Å². The van der Waals surface area contributed by atoms with Crippen molar-refractivity contribution < 1.29 is 4.74 Å². The number of ether oxygens (including phenoxy) is 1. The minimum Gasteiger partial charge on any atom is -0.378 e. The Morgan fingerprint density at radius 3 is 2.62 bits per heavy atom. The first-order valence-corrected chi connectivity index (χ1v) is 6.27. The molecule has 1 aromatic carbocycles. The van der Waals surface area contributed by atoms with Crippen LogP contribution in [-0.2, 0) is 10.2 Å². The van der Waals surface area contributed by atoms with Crippen molar-refractivity contribution in [3.05, 3.63) is 35.9 Å². The average molecular weight is 217 g/mol. The van der Waals surface area contributed by atoms with Gasteiger partial charge in [-0.15, -0.1) is 0 Å². The first-order valence-electron chi connectivity index (χ1n) is 6.27. The van der Waals surface area contributed by atoms with Crippen LogP contribution < -0.4 is 5.32 Å². The molecule has 1 atom stereocenters. The van der Waals surface area contributed by atoms with Gasteiger partial charge < -0.3 is 10.1 Å². The molecule has 0 bridgehead atoms. The van der Waals surface area contributed by atoms with Gasteiger partial charge in [-0.25, -0.2) is 0 Å². The molecule has 1 unspecified atom stereocenters. The van der Waals surface area contributed by atoms with Crippen LogP contribution in [0.4, 0.5) is 0 Å². The van der Waals surface area contributed by atoms with Gasteiger partial charge in [-0.3, -0.25) is 0 Å². The van der Waals surface area contributed by atoms with Crippen LogP contribution in [0.2, 0.25) is 0 Å². The Labute approximate surface area is 97.0 Å². The van der Waals surface area contributed by atoms with Gasteiger partial charge in [-0.2, -0.15) is 0 Å². The third-order valence-corrected chi connectivity index (χ3v) is 3.96. The zero-order valence-corrected chi connectivity index (χ0v) is 9.61. The lowest BCUT2D eigenvalue weighted by Crippen LogP contribution is -2.58. The SMILES string of the molecule is c1ccc(C2(CC3CCCO3)CNC2)cc1. The van der Waals surface area contributed by atoms with Gasteiger partial charge in [-0.1, -0.05) is 30.3 Å². The Morgan fingerprint density at radius 1 is 1.25 bits per heavy atom. The normalized spacial score (nSPS) is 27.6. The van der Waals surface area contributed by atoms with Crippen LogP contribution in [-0.4, -0.2) is 25.8 Å². The van der Waals surface area contributed by atoms with Gasteiger partial charge >= 0.3 is 0 Å². The largest absolute Gasteiger partial charge is 0.378 e. The quantitative estimate of drug-likeness (QED) is 0.837. The maximum absolute atomic E-state index is 5.78. The highest BCUT2D eigenvalue weighted by Gasteiger charge is 2.41. The van der Waals surface area contributed by atoms with Gasteiger partial charge in [-0.05, 0) is 24.8 Å². The molecule has 3 rings (SSSR count). The van der Waals surface area contributed by atoms with Crippen molar-refractivity contribution >= 4 is 0 Å². The van der Waals surface area contributed by atoms with E-state index < -0.39 is 0 Å². The third-order valence-electron chi connectivity index (χ3n) is 3.96. The fourth-order valence-electron chi connectivity index (χ4n) is 2.93. The van der Waals surface area contributed by atoms with Crippen LogP contribution in [0.5, 0.6) is 0 Å². The van der Waals surface area contributed by atoms with Crippen molar-refractivity contribution in [1.29, 1.82) is 0 Å². The van der Waals surface area contributed by atoms with E-state index in [4.69, 9.17) is 4.74 Å². The van der Waals surface area contributed by atoms with Crippen molar-refractivity contribution in [2.45, 2.75) is 30.8 Å². The Hall–Kier alpha value is -0.860. The monoisotopic (exact) mass is 217 g/mol. The molecular formula is C14H19NO. The maximum Gasteiger partial charge on any atom is 0.0585 e. The molecule has 2 fully saturated rings. The van der Waals surface area contributed by atoms with Crippen LogP contribution >= 0.6 is 0 Å². The van der Waals surface area contributed by atoms with Crippen LogP contribution in [0, 0.1) is 0 Å². The Balaban J connectivity index is 1.77. The van der Waals surface area contributed by atoms with Gasteiger partial charge in [0.25, 0.3) is 0 Å². The molecule has 16 heavy (non-hydrogen) atoms. The molecule has 1 aromatic rings. The lowest BCUT2D eigenvalue weighted by atomic mass is 9.71. The van der Waals surface area contributed by atoms with Crippen LogP contribution in [0.1, 0.15) is 24.8 Å². The summed E-state index contributed by atoms with van der Waals surface area (Å²) in [6.45, 7) is 3.18. The zero-order chi connectivity index (χ0) is 10.8. The highest BCUT2D eigenvalue weighted by molar-refractivity contribution is 5.29. The predicted octanol–water partition coefficient (Wildman–Crippen LogP) is 2.10. The lowest BCUT2D eigenvalue weighted by molar-refractivity contribution is 0.0681. The third kappa shape index (κ3) is 1.76. The van der Waals surface area contributed by atoms with Crippen LogP contribution in [0.3, 0.4) is 0 Å². The van der Waals surface area contributed by atoms with Crippen LogP contribution in [0.15, 0.2) is 30.3 Å². The highest BCUT2D eigenvalue weighted by Crippen LogP contribution is 2.36. The summed E-state index contributed by atoms with van der Waals surface area (Å²) in [5.41, 5.74) is 1.82. The molecule has 0 radical (unpaired) electrons. The zero-order valence-electron chi connectivity index (χ0n) is 9.61. The fourth-order valence-corrected chi connectivity index (χ4v) is 2.93. The van der Waals surface area contributed by atoms with Crippen molar-refractivity contribution in [2.24, 2.45) is 0 Å². The molecule has 2 saturated heterocycles. The van der Waals surface area contributed by atoms with E-state index in [0.717, 1.165) is 19.7 Å². The van der Waals surface area contributed by atoms with Gasteiger partial charge in [0.05, 0.1) is 6.10 Å². The van der Waals surface area contributed by atoms with Gasteiger partial charge in [0.2, 0.25) is 0 Å². The van der Waals surface area contributed by atoms with E-state index in [2.05, 4.69) is 35.6 Å². The summed E-state index contributed by atoms with van der Waals surface area (Å²) in [5.74, 6) is 0. The number of rotatable bonds is 3. The Morgan fingerprint density at radius 2 is 2.06 bits per heavy atom. The molecule has 2 heteroatoms. The fraction of sp³-hybridized carbons (Fsp3) is 0.571. The number of hydrogen-bond acceptors (Lipinski definition) is 2. The number of benzene rings is 1. The lowest BCUT2D eigenvalue weighted by Gasteiger charge is -2.44. The van der Waals surface area contributed by atoms with E-state index in [0.29, 0.717) is 11.5 Å². The van der Waals surface area contributed by atoms with Crippen molar-refractivity contribution in [3.8, 4) is 0 Å². The Kier molecular flexibility index (Phi) is 2.70. The summed E-state index contributed by atoms with van der Waals surface area (Å²) in [6.07, 6.45) is 4.16. The second-order valence-electron chi connectivity index (χ2n) is 5.09. The van der Waals surface area contributed by atoms with Gasteiger partial charge in [0.1, 0.15) is 0 Å². The Bertz CT molecular complexity index is 339. The standard InChI is InChI=1S/C14H19NO/c1-2-5-12(6-3-1)14(10-15-11-14)9-13-7-4-8-16-13/h1-3,5-6,13,15H,4,7-11H2. The summed E-state index contributed by atoms with van der Waals surface area (Å²) in [4.78, 5) is 0. The molecule has 2 heterocycles. The second kappa shape index (κ2) is 4.19. The van der Waals surface area contributed by atoms with Crippen molar-refractivity contribution in [3.63, 3.8) is 0 Å². The molecule has 86 valence electrons. The summed E-state index contributed by atoms with van der Waals surface area (Å²) < 4.78 is 5.78. The summed E-state index contributed by atoms with van der Waals surface area (Å²) in [5, 5.41) is 3.42. The van der Waals surface area contributed by atoms with E-state index in [-0.39, 0.29) is 0 Å². The van der Waals surface area contributed by atoms with Crippen molar-refractivity contribution in [1.82, 2.24) is 5.32 Å². The molecule has 0 aromatic heterocycles. The van der Waals surface area contributed by atoms with E-state index in [1.807, 2.05) is 0 Å². The molecule has 0 aliphatic carbocycles. The predicted molar refractivity (Wildman–Crippen MR) is 64.6 cm³/mol. The summed E-state index contributed by atoms with van der Waals surface area (Å²) >= 11 is 0. The van der Waals surface area contributed by atoms with Gasteiger partial charge in [0.15, 0.2) is 0 Å². The minimum absolute atomic E-state index is 0.344. The van der Waals surface area contributed by atoms with Gasteiger partial charge in [0, 0.05) is 25.1 Å². The topological polar surface area (TPSA) is 21.3 Å². The van der Waals surface area contributed by atoms with E-state index in [9.17, 15) is 0 Å². The average Bonchev–Trinajstić information content (AvgIpc) is 2.77. The van der Waals surface area contributed by atoms with E-state index in [1.165, 1.54) is 24.8 Å². The minimum atomic E-state index is 0.344. The van der Waals surface area contributed by atoms with Crippen molar-refractivity contribution in [2.75, 3.05) is 19.7 Å². The number of hydrogen-bond donors (Lipinski definition) is 1. The molecule has 0 saturated carbocycles. The second-order valence-corrected chi connectivity index (χ2v) is 5.09. The highest BCUT2D eigenvalue weighted by atomic mass is 16.5. The molecule has 2 aliphatic rings. The maximum atomic E-state index is 5.78. The first kappa shape index (κ1) is 10.3. The molecule has 2 aliphatic heterocycles. The molecular weight excluding hydrogens is 198 g/mol. The summed E-state index contributed by atoms with van der Waals surface area (Å²) in [6, 6.07) is 10.9. The first-order chi connectivity index (χ1) is 7.89. The molecule has 2 nitrogen and oxygen atoms in total. The number of nitrogens with one attached hydrogen (secondary N) is 1. The molecule has 0 spiro atoms. The summed E-state index contributed by atoms with van der Waals surface area (Å²) in [7, 11) is 0. The molecule has 0 amide bonds. The van der Waals surface area contributed by atoms with Crippen LogP contribution in [0.25, 0.3) is 0 Å². The van der Waals surface area contributed by atoms with E-state index >= 15 is 0 Å².